The number of piperidine rings is 1. The first-order valence-electron chi connectivity index (χ1n) is 9.92. The summed E-state index contributed by atoms with van der Waals surface area (Å²) in [6, 6.07) is 9.06. The standard InChI is InChI=1S/C21H28N2O4/c24-18(22-21(20(26)27)12-6-1-2-7-13-21)17-11-8-14-23(15-17)19(25)16-9-4-3-5-10-16/h3-5,9-10,17H,1-2,6-8,11-15H2,(H,22,24)(H,26,27). The van der Waals surface area contributed by atoms with Crippen LogP contribution in [0.15, 0.2) is 30.3 Å². The predicted molar refractivity (Wildman–Crippen MR) is 101 cm³/mol. The molecule has 1 aromatic rings. The molecular weight excluding hydrogens is 344 g/mol. The van der Waals surface area contributed by atoms with E-state index < -0.39 is 11.5 Å². The van der Waals surface area contributed by atoms with Crippen LogP contribution in [-0.4, -0.2) is 46.4 Å². The predicted octanol–water partition coefficient (Wildman–Crippen LogP) is 2.83. The van der Waals surface area contributed by atoms with Crippen molar-refractivity contribution in [3.8, 4) is 0 Å². The Hall–Kier alpha value is -2.37. The number of amides is 2. The highest BCUT2D eigenvalue weighted by atomic mass is 16.4. The van der Waals surface area contributed by atoms with Crippen LogP contribution in [0, 0.1) is 5.92 Å². The minimum Gasteiger partial charge on any atom is -0.480 e. The summed E-state index contributed by atoms with van der Waals surface area (Å²) in [4.78, 5) is 39.2. The molecule has 1 unspecified atom stereocenters. The third-order valence-electron chi connectivity index (χ3n) is 5.83. The molecule has 6 heteroatoms. The number of carbonyl (C=O) groups is 3. The second-order valence-corrected chi connectivity index (χ2v) is 7.75. The molecule has 2 amide bonds. The molecule has 6 nitrogen and oxygen atoms in total. The van der Waals surface area contributed by atoms with Gasteiger partial charge in [-0.05, 0) is 37.8 Å². The van der Waals surface area contributed by atoms with Crippen LogP contribution < -0.4 is 5.32 Å². The van der Waals surface area contributed by atoms with Crippen LogP contribution in [0.4, 0.5) is 0 Å². The summed E-state index contributed by atoms with van der Waals surface area (Å²) < 4.78 is 0. The first-order valence-corrected chi connectivity index (χ1v) is 9.92. The molecule has 2 fully saturated rings. The van der Waals surface area contributed by atoms with E-state index in [4.69, 9.17) is 0 Å². The van der Waals surface area contributed by atoms with Crippen molar-refractivity contribution in [2.24, 2.45) is 5.92 Å². The first kappa shape index (κ1) is 19.4. The molecule has 0 aromatic heterocycles. The maximum atomic E-state index is 12.9. The molecule has 1 atom stereocenters. The Labute approximate surface area is 159 Å². The van der Waals surface area contributed by atoms with Crippen molar-refractivity contribution >= 4 is 17.8 Å². The fraction of sp³-hybridized carbons (Fsp3) is 0.571. The number of hydrogen-bond donors (Lipinski definition) is 2. The molecule has 146 valence electrons. The van der Waals surface area contributed by atoms with Crippen molar-refractivity contribution < 1.29 is 19.5 Å². The molecule has 1 aromatic carbocycles. The molecule has 1 saturated heterocycles. The van der Waals surface area contributed by atoms with E-state index in [9.17, 15) is 19.5 Å². The number of nitrogens with zero attached hydrogens (tertiary/aromatic N) is 1. The van der Waals surface area contributed by atoms with Crippen molar-refractivity contribution in [1.82, 2.24) is 10.2 Å². The number of likely N-dealkylation sites (tertiary alicyclic amines) is 1. The summed E-state index contributed by atoms with van der Waals surface area (Å²) in [6.45, 7) is 0.969. The molecular formula is C21H28N2O4. The molecule has 1 aliphatic carbocycles. The Kier molecular flexibility index (Phi) is 6.14. The van der Waals surface area contributed by atoms with Gasteiger partial charge in [-0.15, -0.1) is 0 Å². The van der Waals surface area contributed by atoms with E-state index in [0.29, 0.717) is 37.9 Å². The minimum absolute atomic E-state index is 0.0736. The lowest BCUT2D eigenvalue weighted by Gasteiger charge is -2.35. The number of hydrogen-bond acceptors (Lipinski definition) is 3. The average molecular weight is 372 g/mol. The number of benzene rings is 1. The Morgan fingerprint density at radius 3 is 2.30 bits per heavy atom. The lowest BCUT2D eigenvalue weighted by Crippen LogP contribution is -2.57. The van der Waals surface area contributed by atoms with Crippen LogP contribution in [0.1, 0.15) is 61.7 Å². The highest BCUT2D eigenvalue weighted by Gasteiger charge is 2.42. The molecule has 2 aliphatic rings. The Balaban J connectivity index is 1.67. The van der Waals surface area contributed by atoms with Crippen LogP contribution >= 0.6 is 0 Å². The van der Waals surface area contributed by atoms with Gasteiger partial charge in [0.05, 0.1) is 5.92 Å². The monoisotopic (exact) mass is 372 g/mol. The summed E-state index contributed by atoms with van der Waals surface area (Å²) in [5.74, 6) is -1.60. The molecule has 1 aliphatic heterocycles. The quantitative estimate of drug-likeness (QED) is 0.796. The van der Waals surface area contributed by atoms with E-state index in [1.807, 2.05) is 18.2 Å². The summed E-state index contributed by atoms with van der Waals surface area (Å²) in [5.41, 5.74) is -0.538. The van der Waals surface area contributed by atoms with E-state index in [1.165, 1.54) is 0 Å². The molecule has 1 heterocycles. The van der Waals surface area contributed by atoms with Crippen molar-refractivity contribution in [3.05, 3.63) is 35.9 Å². The summed E-state index contributed by atoms with van der Waals surface area (Å²) in [7, 11) is 0. The van der Waals surface area contributed by atoms with Gasteiger partial charge < -0.3 is 15.3 Å². The van der Waals surface area contributed by atoms with Crippen LogP contribution in [0.25, 0.3) is 0 Å². The number of carboxylic acids is 1. The first-order chi connectivity index (χ1) is 13.0. The SMILES string of the molecule is O=C(NC1(C(=O)O)CCCCCC1)C1CCCN(C(=O)c2ccccc2)C1. The van der Waals surface area contributed by atoms with Crippen molar-refractivity contribution in [3.63, 3.8) is 0 Å². The zero-order valence-corrected chi connectivity index (χ0v) is 15.7. The zero-order chi connectivity index (χ0) is 19.3. The van der Waals surface area contributed by atoms with Gasteiger partial charge in [-0.3, -0.25) is 9.59 Å². The van der Waals surface area contributed by atoms with Gasteiger partial charge in [0.2, 0.25) is 5.91 Å². The van der Waals surface area contributed by atoms with Crippen molar-refractivity contribution in [1.29, 1.82) is 0 Å². The van der Waals surface area contributed by atoms with Crippen molar-refractivity contribution in [2.45, 2.75) is 56.9 Å². The van der Waals surface area contributed by atoms with Gasteiger partial charge in [-0.1, -0.05) is 43.9 Å². The highest BCUT2D eigenvalue weighted by Crippen LogP contribution is 2.29. The molecule has 1 saturated carbocycles. The van der Waals surface area contributed by atoms with E-state index in [-0.39, 0.29) is 17.7 Å². The second kappa shape index (κ2) is 8.55. The Bertz CT molecular complexity index is 681. The normalized spacial score (nSPS) is 22.5. The van der Waals surface area contributed by atoms with Crippen LogP contribution in [0.2, 0.25) is 0 Å². The third-order valence-corrected chi connectivity index (χ3v) is 5.83. The van der Waals surface area contributed by atoms with Gasteiger partial charge in [0.25, 0.3) is 5.91 Å². The van der Waals surface area contributed by atoms with Gasteiger partial charge >= 0.3 is 5.97 Å². The average Bonchev–Trinajstić information content (AvgIpc) is 2.95. The smallest absolute Gasteiger partial charge is 0.329 e. The number of carbonyl (C=O) groups excluding carboxylic acids is 2. The second-order valence-electron chi connectivity index (χ2n) is 7.75. The fourth-order valence-corrected chi connectivity index (χ4v) is 4.20. The van der Waals surface area contributed by atoms with E-state index in [1.54, 1.807) is 17.0 Å². The van der Waals surface area contributed by atoms with Gasteiger partial charge in [0.1, 0.15) is 5.54 Å². The fourth-order valence-electron chi connectivity index (χ4n) is 4.20. The van der Waals surface area contributed by atoms with E-state index in [0.717, 1.165) is 32.1 Å². The molecule has 0 spiro atoms. The molecule has 27 heavy (non-hydrogen) atoms. The number of rotatable bonds is 4. The summed E-state index contributed by atoms with van der Waals surface area (Å²) in [5, 5.41) is 12.6. The topological polar surface area (TPSA) is 86.7 Å². The minimum atomic E-state index is -1.15. The van der Waals surface area contributed by atoms with Gasteiger partial charge in [0.15, 0.2) is 0 Å². The summed E-state index contributed by atoms with van der Waals surface area (Å²) >= 11 is 0. The molecule has 0 bridgehead atoms. The lowest BCUT2D eigenvalue weighted by molar-refractivity contribution is -0.149. The van der Waals surface area contributed by atoms with E-state index in [2.05, 4.69) is 5.32 Å². The van der Waals surface area contributed by atoms with Gasteiger partial charge in [-0.25, -0.2) is 4.79 Å². The zero-order valence-electron chi connectivity index (χ0n) is 15.7. The number of carboxylic acid groups (broad SMARTS) is 1. The van der Waals surface area contributed by atoms with Crippen LogP contribution in [0.5, 0.6) is 0 Å². The highest BCUT2D eigenvalue weighted by molar-refractivity contribution is 5.95. The largest absolute Gasteiger partial charge is 0.480 e. The van der Waals surface area contributed by atoms with Crippen LogP contribution in [-0.2, 0) is 9.59 Å². The number of nitrogens with one attached hydrogen (secondary N) is 1. The van der Waals surface area contributed by atoms with Gasteiger partial charge in [0, 0.05) is 18.7 Å². The lowest BCUT2D eigenvalue weighted by atomic mass is 9.88. The molecule has 3 rings (SSSR count). The molecule has 2 N–H and O–H groups in total. The maximum absolute atomic E-state index is 12.9. The molecule has 0 radical (unpaired) electrons. The van der Waals surface area contributed by atoms with Gasteiger partial charge in [-0.2, -0.15) is 0 Å². The van der Waals surface area contributed by atoms with Crippen LogP contribution in [0.3, 0.4) is 0 Å². The Morgan fingerprint density at radius 2 is 1.67 bits per heavy atom. The van der Waals surface area contributed by atoms with Crippen molar-refractivity contribution in [2.75, 3.05) is 13.1 Å². The maximum Gasteiger partial charge on any atom is 0.329 e. The van der Waals surface area contributed by atoms with E-state index >= 15 is 0 Å². The summed E-state index contributed by atoms with van der Waals surface area (Å²) in [6.07, 6.45) is 6.03. The third kappa shape index (κ3) is 4.49. The Morgan fingerprint density at radius 1 is 1.00 bits per heavy atom. The number of aliphatic carboxylic acids is 1.